The van der Waals surface area contributed by atoms with Gasteiger partial charge >= 0.3 is 0 Å². The molecular formula is C13H21N3S. The van der Waals surface area contributed by atoms with Gasteiger partial charge in [0, 0.05) is 18.7 Å². The van der Waals surface area contributed by atoms with E-state index in [1.165, 1.54) is 55.5 Å². The molecular weight excluding hydrogens is 230 g/mol. The molecule has 94 valence electrons. The van der Waals surface area contributed by atoms with E-state index >= 15 is 0 Å². The Kier molecular flexibility index (Phi) is 2.99. The van der Waals surface area contributed by atoms with Crippen molar-refractivity contribution in [1.82, 2.24) is 4.37 Å². The summed E-state index contributed by atoms with van der Waals surface area (Å²) in [6.45, 7) is 0. The molecule has 3 nitrogen and oxygen atoms in total. The Bertz CT molecular complexity index is 391. The van der Waals surface area contributed by atoms with Gasteiger partial charge in [0.05, 0.1) is 0 Å². The molecule has 0 radical (unpaired) electrons. The number of aromatic nitrogens is 1. The highest BCUT2D eigenvalue weighted by Crippen LogP contribution is 2.49. The number of nitrogens with two attached hydrogens (primary N) is 1. The van der Waals surface area contributed by atoms with Crippen molar-refractivity contribution < 1.29 is 0 Å². The molecule has 2 aliphatic rings. The van der Waals surface area contributed by atoms with Crippen molar-refractivity contribution in [1.29, 1.82) is 0 Å². The molecule has 1 aromatic heterocycles. The smallest absolute Gasteiger partial charge is 0.142 e. The van der Waals surface area contributed by atoms with Crippen LogP contribution in [-0.2, 0) is 0 Å². The topological polar surface area (TPSA) is 42.2 Å². The van der Waals surface area contributed by atoms with Gasteiger partial charge in [-0.2, -0.15) is 4.37 Å². The van der Waals surface area contributed by atoms with Gasteiger partial charge in [0.25, 0.3) is 0 Å². The number of hydrogen-bond acceptors (Lipinski definition) is 4. The first kappa shape index (κ1) is 11.3. The number of nitrogens with zero attached hydrogens (tertiary/aromatic N) is 2. The van der Waals surface area contributed by atoms with Crippen molar-refractivity contribution in [3.63, 3.8) is 0 Å². The molecule has 3 rings (SSSR count). The average Bonchev–Trinajstić information content (AvgIpc) is 3.13. The fraction of sp³-hybridized carbons (Fsp3) is 0.769. The predicted octanol–water partition coefficient (Wildman–Crippen LogP) is 3.37. The quantitative estimate of drug-likeness (QED) is 0.895. The minimum Gasteiger partial charge on any atom is -0.383 e. The first-order valence-corrected chi connectivity index (χ1v) is 7.52. The molecule has 2 N–H and O–H groups in total. The molecule has 2 fully saturated rings. The van der Waals surface area contributed by atoms with Gasteiger partial charge in [-0.25, -0.2) is 0 Å². The molecule has 0 bridgehead atoms. The Morgan fingerprint density at radius 1 is 1.18 bits per heavy atom. The minimum atomic E-state index is 0.704. The van der Waals surface area contributed by atoms with E-state index in [-0.39, 0.29) is 0 Å². The number of nitrogen functional groups attached to an aromatic ring is 1. The molecule has 4 heteroatoms. The molecule has 0 atom stereocenters. The summed E-state index contributed by atoms with van der Waals surface area (Å²) in [6.07, 6.45) is 9.42. The van der Waals surface area contributed by atoms with Gasteiger partial charge in [-0.1, -0.05) is 19.3 Å². The van der Waals surface area contributed by atoms with E-state index in [0.29, 0.717) is 12.0 Å². The highest BCUT2D eigenvalue weighted by Gasteiger charge is 2.33. The van der Waals surface area contributed by atoms with E-state index in [1.807, 2.05) is 0 Å². The average molecular weight is 251 g/mol. The van der Waals surface area contributed by atoms with Crippen LogP contribution in [0.4, 0.5) is 10.8 Å². The lowest BCUT2D eigenvalue weighted by molar-refractivity contribution is 0.428. The van der Waals surface area contributed by atoms with Crippen LogP contribution in [-0.4, -0.2) is 17.5 Å². The summed E-state index contributed by atoms with van der Waals surface area (Å²) in [6, 6.07) is 0.709. The SMILES string of the molecule is CN(c1snc(N)c1C1CC1)C1CCCCC1. The van der Waals surface area contributed by atoms with Crippen molar-refractivity contribution in [2.24, 2.45) is 0 Å². The number of hydrogen-bond donors (Lipinski definition) is 1. The van der Waals surface area contributed by atoms with Crippen LogP contribution in [0.25, 0.3) is 0 Å². The van der Waals surface area contributed by atoms with Crippen LogP contribution in [0.1, 0.15) is 56.4 Å². The van der Waals surface area contributed by atoms with Gasteiger partial charge < -0.3 is 10.6 Å². The van der Waals surface area contributed by atoms with Gasteiger partial charge in [-0.15, -0.1) is 0 Å². The van der Waals surface area contributed by atoms with Crippen molar-refractivity contribution in [3.05, 3.63) is 5.56 Å². The third-order valence-corrected chi connectivity index (χ3v) is 5.13. The van der Waals surface area contributed by atoms with Crippen LogP contribution in [0.15, 0.2) is 0 Å². The Morgan fingerprint density at radius 2 is 1.88 bits per heavy atom. The molecule has 0 aromatic carbocycles. The summed E-state index contributed by atoms with van der Waals surface area (Å²) >= 11 is 1.60. The maximum Gasteiger partial charge on any atom is 0.142 e. The first-order chi connectivity index (χ1) is 8.27. The highest BCUT2D eigenvalue weighted by molar-refractivity contribution is 7.10. The summed E-state index contributed by atoms with van der Waals surface area (Å²) in [5.41, 5.74) is 7.37. The van der Waals surface area contributed by atoms with Crippen LogP contribution >= 0.6 is 11.5 Å². The molecule has 0 spiro atoms. The monoisotopic (exact) mass is 251 g/mol. The molecule has 0 aliphatic heterocycles. The zero-order valence-electron chi connectivity index (χ0n) is 10.5. The second kappa shape index (κ2) is 4.48. The molecule has 0 amide bonds. The van der Waals surface area contributed by atoms with Crippen molar-refractivity contribution >= 4 is 22.4 Å². The third-order valence-electron chi connectivity index (χ3n) is 4.17. The summed E-state index contributed by atoms with van der Waals surface area (Å²) in [5.74, 6) is 1.49. The molecule has 17 heavy (non-hydrogen) atoms. The summed E-state index contributed by atoms with van der Waals surface area (Å²) in [5, 5.41) is 1.34. The fourth-order valence-electron chi connectivity index (χ4n) is 2.94. The lowest BCUT2D eigenvalue weighted by Crippen LogP contribution is -2.33. The normalized spacial score (nSPS) is 21.7. The summed E-state index contributed by atoms with van der Waals surface area (Å²) in [7, 11) is 2.23. The lowest BCUT2D eigenvalue weighted by Gasteiger charge is -2.32. The Labute approximate surface area is 107 Å². The van der Waals surface area contributed by atoms with E-state index in [4.69, 9.17) is 5.73 Å². The second-order valence-corrected chi connectivity index (χ2v) is 6.22. The fourth-order valence-corrected chi connectivity index (χ4v) is 3.88. The number of anilines is 2. The van der Waals surface area contributed by atoms with Gasteiger partial charge in [-0.05, 0) is 43.1 Å². The molecule has 1 aromatic rings. The van der Waals surface area contributed by atoms with E-state index < -0.39 is 0 Å². The van der Waals surface area contributed by atoms with Gasteiger partial charge in [0.15, 0.2) is 0 Å². The Hall–Kier alpha value is -0.770. The van der Waals surface area contributed by atoms with Crippen LogP contribution in [0, 0.1) is 0 Å². The van der Waals surface area contributed by atoms with Crippen LogP contribution < -0.4 is 10.6 Å². The van der Waals surface area contributed by atoms with E-state index in [0.717, 1.165) is 5.82 Å². The van der Waals surface area contributed by atoms with Crippen LogP contribution in [0.5, 0.6) is 0 Å². The second-order valence-electron chi connectivity index (χ2n) is 5.46. The van der Waals surface area contributed by atoms with Crippen LogP contribution in [0.2, 0.25) is 0 Å². The van der Waals surface area contributed by atoms with Crippen molar-refractivity contribution in [2.45, 2.75) is 56.9 Å². The van der Waals surface area contributed by atoms with Crippen molar-refractivity contribution in [2.75, 3.05) is 17.7 Å². The zero-order valence-corrected chi connectivity index (χ0v) is 11.3. The minimum absolute atomic E-state index is 0.704. The Balaban J connectivity index is 1.82. The first-order valence-electron chi connectivity index (χ1n) is 6.75. The van der Waals surface area contributed by atoms with Gasteiger partial charge in [-0.3, -0.25) is 0 Å². The molecule has 0 saturated heterocycles. The van der Waals surface area contributed by atoms with Gasteiger partial charge in [0.2, 0.25) is 0 Å². The predicted molar refractivity (Wildman–Crippen MR) is 73.8 cm³/mol. The standard InChI is InChI=1S/C13H21N3S/c1-16(10-5-3-2-4-6-10)13-11(9-7-8-9)12(14)15-17-13/h9-10H,2-8H2,1H3,(H2,14,15). The lowest BCUT2D eigenvalue weighted by atomic mass is 9.94. The van der Waals surface area contributed by atoms with Crippen LogP contribution in [0.3, 0.4) is 0 Å². The third kappa shape index (κ3) is 2.15. The highest BCUT2D eigenvalue weighted by atomic mass is 32.1. The zero-order chi connectivity index (χ0) is 11.8. The maximum absolute atomic E-state index is 6.02. The summed E-state index contributed by atoms with van der Waals surface area (Å²) in [4.78, 5) is 2.46. The molecule has 2 aliphatic carbocycles. The molecule has 2 saturated carbocycles. The largest absolute Gasteiger partial charge is 0.383 e. The maximum atomic E-state index is 6.02. The molecule has 0 unspecified atom stereocenters. The Morgan fingerprint density at radius 3 is 2.53 bits per heavy atom. The van der Waals surface area contributed by atoms with E-state index in [1.54, 1.807) is 11.5 Å². The van der Waals surface area contributed by atoms with Crippen molar-refractivity contribution in [3.8, 4) is 0 Å². The summed E-state index contributed by atoms with van der Waals surface area (Å²) < 4.78 is 4.37. The molecule has 1 heterocycles. The van der Waals surface area contributed by atoms with Gasteiger partial charge in [0.1, 0.15) is 10.8 Å². The van der Waals surface area contributed by atoms with E-state index in [2.05, 4.69) is 16.3 Å². The number of rotatable bonds is 3. The van der Waals surface area contributed by atoms with E-state index in [9.17, 15) is 0 Å².